The number of nitrogens with one attached hydrogen (secondary N) is 3. The summed E-state index contributed by atoms with van der Waals surface area (Å²) in [6.45, 7) is 7.14. The molecule has 0 spiro atoms. The van der Waals surface area contributed by atoms with Crippen LogP contribution in [-0.2, 0) is 6.42 Å². The second-order valence-corrected chi connectivity index (χ2v) is 8.85. The molecule has 0 bridgehead atoms. The first-order chi connectivity index (χ1) is 16.9. The van der Waals surface area contributed by atoms with Crippen molar-refractivity contribution < 1.29 is 13.5 Å². The SMILES string of the molecule is CCCc1cc(Nc2cc(N3CCN(C)CC3)nc(Oc3cc(F)c4[nH]c(C)cc4c3F)n2)n[nH]1. The minimum absolute atomic E-state index is 0.0850. The Balaban J connectivity index is 1.49. The van der Waals surface area contributed by atoms with E-state index >= 15 is 4.39 Å². The molecule has 0 atom stereocenters. The molecule has 3 N–H and O–H groups in total. The third kappa shape index (κ3) is 4.90. The van der Waals surface area contributed by atoms with Crippen LogP contribution < -0.4 is 15.0 Å². The topological polar surface area (TPSA) is 98.0 Å². The number of anilines is 3. The van der Waals surface area contributed by atoms with Crippen molar-refractivity contribution in [1.29, 1.82) is 0 Å². The number of hydrogen-bond donors (Lipinski definition) is 3. The van der Waals surface area contributed by atoms with Gasteiger partial charge in [-0.3, -0.25) is 5.10 Å². The van der Waals surface area contributed by atoms with Crippen LogP contribution >= 0.6 is 0 Å². The van der Waals surface area contributed by atoms with Gasteiger partial charge in [0.2, 0.25) is 0 Å². The summed E-state index contributed by atoms with van der Waals surface area (Å²) in [5.41, 5.74) is 1.76. The molecule has 4 heterocycles. The summed E-state index contributed by atoms with van der Waals surface area (Å²) in [5.74, 6) is 0.111. The van der Waals surface area contributed by atoms with Gasteiger partial charge in [-0.1, -0.05) is 13.3 Å². The number of nitrogens with zero attached hydrogens (tertiary/aromatic N) is 5. The number of rotatable bonds is 7. The number of aryl methyl sites for hydroxylation is 2. The van der Waals surface area contributed by atoms with E-state index in [9.17, 15) is 4.39 Å². The molecule has 0 amide bonds. The van der Waals surface area contributed by atoms with Gasteiger partial charge in [-0.2, -0.15) is 15.1 Å². The van der Waals surface area contributed by atoms with Gasteiger partial charge in [-0.15, -0.1) is 0 Å². The second kappa shape index (κ2) is 9.49. The summed E-state index contributed by atoms with van der Waals surface area (Å²) in [4.78, 5) is 16.1. The highest BCUT2D eigenvalue weighted by Crippen LogP contribution is 2.33. The number of fused-ring (bicyclic) bond motifs is 1. The fourth-order valence-corrected chi connectivity index (χ4v) is 4.18. The summed E-state index contributed by atoms with van der Waals surface area (Å²) in [6.07, 6.45) is 1.87. The smallest absolute Gasteiger partial charge is 0.326 e. The minimum Gasteiger partial charge on any atom is -0.421 e. The quantitative estimate of drug-likeness (QED) is 0.357. The van der Waals surface area contributed by atoms with Crippen molar-refractivity contribution in [2.24, 2.45) is 0 Å². The molecule has 1 fully saturated rings. The van der Waals surface area contributed by atoms with Crippen LogP contribution in [-0.4, -0.2) is 63.3 Å². The highest BCUT2D eigenvalue weighted by atomic mass is 19.1. The maximum Gasteiger partial charge on any atom is 0.326 e. The zero-order valence-corrected chi connectivity index (χ0v) is 20.0. The number of hydrogen-bond acceptors (Lipinski definition) is 7. The third-order valence-corrected chi connectivity index (χ3v) is 6.03. The average molecular weight is 483 g/mol. The fourth-order valence-electron chi connectivity index (χ4n) is 4.18. The lowest BCUT2D eigenvalue weighted by Gasteiger charge is -2.33. The zero-order valence-electron chi connectivity index (χ0n) is 20.0. The molecule has 184 valence electrons. The number of piperazine rings is 1. The number of likely N-dealkylation sites (N-methyl/N-ethyl adjacent to an activating group) is 1. The highest BCUT2D eigenvalue weighted by molar-refractivity contribution is 5.83. The van der Waals surface area contributed by atoms with Gasteiger partial charge in [0.25, 0.3) is 0 Å². The van der Waals surface area contributed by atoms with Crippen LogP contribution in [0, 0.1) is 18.6 Å². The third-order valence-electron chi connectivity index (χ3n) is 6.03. The number of benzene rings is 1. The van der Waals surface area contributed by atoms with E-state index in [1.807, 2.05) is 12.1 Å². The first-order valence-electron chi connectivity index (χ1n) is 11.7. The monoisotopic (exact) mass is 482 g/mol. The molecule has 4 aromatic rings. The zero-order chi connectivity index (χ0) is 24.5. The molecule has 0 aliphatic carbocycles. The summed E-state index contributed by atoms with van der Waals surface area (Å²) < 4.78 is 35.5. The number of halogens is 2. The van der Waals surface area contributed by atoms with Gasteiger partial charge in [0.05, 0.1) is 5.52 Å². The summed E-state index contributed by atoms with van der Waals surface area (Å²) in [7, 11) is 2.07. The van der Waals surface area contributed by atoms with Gasteiger partial charge in [0.1, 0.15) is 11.6 Å². The van der Waals surface area contributed by atoms with E-state index in [1.54, 1.807) is 13.0 Å². The molecule has 3 aromatic heterocycles. The second-order valence-electron chi connectivity index (χ2n) is 8.85. The van der Waals surface area contributed by atoms with Gasteiger partial charge in [0.15, 0.2) is 23.2 Å². The van der Waals surface area contributed by atoms with Gasteiger partial charge in [-0.05, 0) is 26.5 Å². The lowest BCUT2D eigenvalue weighted by Crippen LogP contribution is -2.44. The first kappa shape index (κ1) is 23.0. The van der Waals surface area contributed by atoms with E-state index in [0.29, 0.717) is 23.1 Å². The Hall–Kier alpha value is -3.73. The molecular weight excluding hydrogens is 454 g/mol. The number of aromatic nitrogens is 5. The normalized spacial score (nSPS) is 14.6. The van der Waals surface area contributed by atoms with Crippen molar-refractivity contribution in [2.45, 2.75) is 26.7 Å². The number of H-pyrrole nitrogens is 2. The number of ether oxygens (including phenoxy) is 1. The summed E-state index contributed by atoms with van der Waals surface area (Å²) in [6, 6.07) is 6.19. The van der Waals surface area contributed by atoms with Crippen molar-refractivity contribution in [3.05, 3.63) is 47.3 Å². The van der Waals surface area contributed by atoms with Crippen molar-refractivity contribution in [3.63, 3.8) is 0 Å². The molecule has 1 aliphatic heterocycles. The molecule has 9 nitrogen and oxygen atoms in total. The van der Waals surface area contributed by atoms with E-state index in [0.717, 1.165) is 50.8 Å². The fraction of sp³-hybridized carbons (Fsp3) is 0.375. The molecule has 11 heteroatoms. The van der Waals surface area contributed by atoms with Gasteiger partial charge >= 0.3 is 6.01 Å². The van der Waals surface area contributed by atoms with Crippen molar-refractivity contribution in [3.8, 4) is 11.8 Å². The van der Waals surface area contributed by atoms with Gasteiger partial charge in [-0.25, -0.2) is 8.78 Å². The molecule has 5 rings (SSSR count). The molecular formula is C24H28F2N8O. The molecule has 1 aromatic carbocycles. The van der Waals surface area contributed by atoms with Crippen LogP contribution in [0.2, 0.25) is 0 Å². The summed E-state index contributed by atoms with van der Waals surface area (Å²) >= 11 is 0. The molecule has 1 aliphatic rings. The van der Waals surface area contributed by atoms with Crippen LogP contribution in [0.1, 0.15) is 24.7 Å². The summed E-state index contributed by atoms with van der Waals surface area (Å²) in [5, 5.41) is 10.6. The van der Waals surface area contributed by atoms with Gasteiger partial charge in [0, 0.05) is 61.2 Å². The van der Waals surface area contributed by atoms with Crippen molar-refractivity contribution in [1.82, 2.24) is 30.0 Å². The Labute approximate surface area is 201 Å². The van der Waals surface area contributed by atoms with Crippen LogP contribution in [0.15, 0.2) is 24.3 Å². The lowest BCUT2D eigenvalue weighted by atomic mass is 10.2. The Kier molecular flexibility index (Phi) is 6.25. The maximum absolute atomic E-state index is 15.2. The predicted molar refractivity (Wildman–Crippen MR) is 131 cm³/mol. The average Bonchev–Trinajstić information content (AvgIpc) is 3.44. The van der Waals surface area contributed by atoms with E-state index in [4.69, 9.17) is 4.74 Å². The van der Waals surface area contributed by atoms with Gasteiger partial charge < -0.3 is 24.8 Å². The van der Waals surface area contributed by atoms with E-state index in [1.165, 1.54) is 0 Å². The maximum atomic E-state index is 15.2. The Bertz CT molecular complexity index is 1340. The molecule has 1 saturated heterocycles. The Morgan fingerprint density at radius 1 is 1.06 bits per heavy atom. The van der Waals surface area contributed by atoms with Crippen LogP contribution in [0.5, 0.6) is 11.8 Å². The van der Waals surface area contributed by atoms with Crippen LogP contribution in [0.4, 0.5) is 26.2 Å². The largest absolute Gasteiger partial charge is 0.421 e. The van der Waals surface area contributed by atoms with E-state index in [2.05, 4.69) is 54.2 Å². The molecule has 35 heavy (non-hydrogen) atoms. The lowest BCUT2D eigenvalue weighted by molar-refractivity contribution is 0.311. The molecule has 0 unspecified atom stereocenters. The minimum atomic E-state index is -0.676. The molecule has 0 saturated carbocycles. The first-order valence-corrected chi connectivity index (χ1v) is 11.7. The predicted octanol–water partition coefficient (Wildman–Crippen LogP) is 4.51. The van der Waals surface area contributed by atoms with Crippen LogP contribution in [0.25, 0.3) is 10.9 Å². The Morgan fingerprint density at radius 3 is 2.63 bits per heavy atom. The van der Waals surface area contributed by atoms with Crippen molar-refractivity contribution >= 4 is 28.4 Å². The van der Waals surface area contributed by atoms with E-state index < -0.39 is 11.6 Å². The highest BCUT2D eigenvalue weighted by Gasteiger charge is 2.21. The van der Waals surface area contributed by atoms with Crippen LogP contribution in [0.3, 0.4) is 0 Å². The Morgan fingerprint density at radius 2 is 1.86 bits per heavy atom. The van der Waals surface area contributed by atoms with Crippen molar-refractivity contribution in [2.75, 3.05) is 43.4 Å². The standard InChI is InChI=1S/C24H28F2N8O/c1-4-5-15-11-20(32-31-15)28-19-13-21(34-8-6-33(3)7-9-34)30-24(29-19)35-18-12-17(25)23-16(22(18)26)10-14(2)27-23/h10-13,27H,4-9H2,1-3H3,(H2,28,29,30,31,32). The molecule has 0 radical (unpaired) electrons. The number of aromatic amines is 2. The van der Waals surface area contributed by atoms with E-state index in [-0.39, 0.29) is 22.7 Å².